The number of carbonyl (C=O) groups is 1. The van der Waals surface area contributed by atoms with Gasteiger partial charge >= 0.3 is 0 Å². The van der Waals surface area contributed by atoms with E-state index in [1.165, 1.54) is 25.7 Å². The molecule has 3 atom stereocenters. The summed E-state index contributed by atoms with van der Waals surface area (Å²) >= 11 is 0. The number of hydrogen-bond donors (Lipinski definition) is 2. The van der Waals surface area contributed by atoms with Crippen molar-refractivity contribution in [3.05, 3.63) is 17.5 Å². The van der Waals surface area contributed by atoms with E-state index in [0.717, 1.165) is 24.3 Å². The summed E-state index contributed by atoms with van der Waals surface area (Å²) in [4.78, 5) is 13.6. The van der Waals surface area contributed by atoms with E-state index in [4.69, 9.17) is 10.4 Å². The number of rotatable bonds is 5. The molecule has 2 saturated carbocycles. The van der Waals surface area contributed by atoms with Gasteiger partial charge in [0.05, 0.1) is 6.54 Å². The molecule has 0 saturated heterocycles. The molecule has 1 heterocycles. The third kappa shape index (κ3) is 2.71. The Labute approximate surface area is 118 Å². The van der Waals surface area contributed by atoms with Gasteiger partial charge in [0.15, 0.2) is 11.5 Å². The molecule has 6 heteroatoms. The second-order valence-corrected chi connectivity index (χ2v) is 6.28. The number of fused-ring (bicyclic) bond motifs is 2. The summed E-state index contributed by atoms with van der Waals surface area (Å²) in [5.74, 6) is 8.08. The van der Waals surface area contributed by atoms with Crippen LogP contribution in [0.5, 0.6) is 0 Å². The molecule has 2 aliphatic rings. The van der Waals surface area contributed by atoms with E-state index in [9.17, 15) is 4.79 Å². The number of nitrogens with one attached hydrogen (secondary N) is 1. The topological polar surface area (TPSA) is 84.4 Å². The Morgan fingerprint density at radius 1 is 1.55 bits per heavy atom. The smallest absolute Gasteiger partial charge is 0.287 e. The molecule has 2 aliphatic carbocycles. The van der Waals surface area contributed by atoms with Gasteiger partial charge in [-0.25, -0.2) is 5.84 Å². The second-order valence-electron chi connectivity index (χ2n) is 6.28. The Hall–Kier alpha value is -1.40. The molecule has 0 aliphatic heterocycles. The van der Waals surface area contributed by atoms with Gasteiger partial charge in [0.1, 0.15) is 0 Å². The van der Waals surface area contributed by atoms with E-state index >= 15 is 0 Å². The first-order valence-electron chi connectivity index (χ1n) is 7.30. The second kappa shape index (κ2) is 5.54. The highest BCUT2D eigenvalue weighted by Crippen LogP contribution is 2.48. The number of carbonyl (C=O) groups excluding carboxylic acids is 1. The van der Waals surface area contributed by atoms with E-state index in [0.29, 0.717) is 12.3 Å². The number of hydrazine groups is 1. The molecule has 2 fully saturated rings. The van der Waals surface area contributed by atoms with Gasteiger partial charge in [-0.15, -0.1) is 0 Å². The molecule has 1 aromatic rings. The first kappa shape index (κ1) is 13.6. The quantitative estimate of drug-likeness (QED) is 0.479. The fraction of sp³-hybridized carbons (Fsp3) is 0.714. The predicted octanol–water partition coefficient (Wildman–Crippen LogP) is 1.15. The lowest BCUT2D eigenvalue weighted by Crippen LogP contribution is -2.30. The third-order valence-corrected chi connectivity index (χ3v) is 4.78. The Kier molecular flexibility index (Phi) is 3.76. The number of aromatic nitrogens is 1. The molecule has 3 N–H and O–H groups in total. The van der Waals surface area contributed by atoms with Crippen LogP contribution in [0, 0.1) is 17.8 Å². The van der Waals surface area contributed by atoms with Crippen molar-refractivity contribution in [1.29, 1.82) is 0 Å². The van der Waals surface area contributed by atoms with Crippen LogP contribution in [0.25, 0.3) is 0 Å². The maximum absolute atomic E-state index is 11.3. The maximum atomic E-state index is 11.3. The molecule has 3 unspecified atom stereocenters. The minimum Gasteiger partial charge on any atom is -0.359 e. The van der Waals surface area contributed by atoms with Gasteiger partial charge in [-0.1, -0.05) is 11.6 Å². The van der Waals surface area contributed by atoms with E-state index in [1.54, 1.807) is 6.07 Å². The summed E-state index contributed by atoms with van der Waals surface area (Å²) in [7, 11) is 2.09. The van der Waals surface area contributed by atoms with Crippen molar-refractivity contribution < 1.29 is 9.32 Å². The summed E-state index contributed by atoms with van der Waals surface area (Å²) < 4.78 is 5.18. The standard InChI is InChI=1S/C14H22N4O2/c1-18(7-11-5-9-2-3-10(11)4-9)8-12-6-13(17-20-12)14(19)16-15/h6,9-11H,2-5,7-8,15H2,1H3,(H,16,19). The lowest BCUT2D eigenvalue weighted by molar-refractivity contribution is 0.0944. The van der Waals surface area contributed by atoms with E-state index in [1.807, 2.05) is 5.43 Å². The van der Waals surface area contributed by atoms with Crippen molar-refractivity contribution in [2.45, 2.75) is 32.2 Å². The Morgan fingerprint density at radius 2 is 2.40 bits per heavy atom. The molecule has 1 amide bonds. The van der Waals surface area contributed by atoms with Gasteiger partial charge in [-0.3, -0.25) is 15.1 Å². The molecular weight excluding hydrogens is 256 g/mol. The minimum absolute atomic E-state index is 0.232. The molecule has 110 valence electrons. The van der Waals surface area contributed by atoms with E-state index in [-0.39, 0.29) is 5.69 Å². The summed E-state index contributed by atoms with van der Waals surface area (Å²) in [5, 5.41) is 3.72. The summed E-state index contributed by atoms with van der Waals surface area (Å²) in [6, 6.07) is 1.65. The van der Waals surface area contributed by atoms with E-state index < -0.39 is 5.91 Å². The average molecular weight is 278 g/mol. The zero-order valence-corrected chi connectivity index (χ0v) is 11.8. The zero-order chi connectivity index (χ0) is 14.1. The van der Waals surface area contributed by atoms with Crippen LogP contribution >= 0.6 is 0 Å². The van der Waals surface area contributed by atoms with Crippen molar-refractivity contribution in [3.63, 3.8) is 0 Å². The Morgan fingerprint density at radius 3 is 3.05 bits per heavy atom. The van der Waals surface area contributed by atoms with Gasteiger partial charge < -0.3 is 4.52 Å². The van der Waals surface area contributed by atoms with Gasteiger partial charge in [0.25, 0.3) is 5.91 Å². The van der Waals surface area contributed by atoms with Crippen molar-refractivity contribution in [1.82, 2.24) is 15.5 Å². The van der Waals surface area contributed by atoms with Crippen molar-refractivity contribution >= 4 is 5.91 Å². The van der Waals surface area contributed by atoms with Crippen LogP contribution in [0.4, 0.5) is 0 Å². The highest BCUT2D eigenvalue weighted by molar-refractivity contribution is 5.91. The number of amides is 1. The van der Waals surface area contributed by atoms with Crippen LogP contribution in [0.1, 0.15) is 41.9 Å². The molecule has 0 aromatic carbocycles. The monoisotopic (exact) mass is 278 g/mol. The highest BCUT2D eigenvalue weighted by atomic mass is 16.5. The van der Waals surface area contributed by atoms with Crippen LogP contribution in [-0.2, 0) is 6.54 Å². The van der Waals surface area contributed by atoms with E-state index in [2.05, 4.69) is 17.1 Å². The number of hydrogen-bond acceptors (Lipinski definition) is 5. The normalized spacial score (nSPS) is 28.2. The Balaban J connectivity index is 1.52. The zero-order valence-electron chi connectivity index (χ0n) is 11.8. The molecular formula is C14H22N4O2. The predicted molar refractivity (Wildman–Crippen MR) is 73.4 cm³/mol. The number of nitrogens with two attached hydrogens (primary N) is 1. The summed E-state index contributed by atoms with van der Waals surface area (Å²) in [5.41, 5.74) is 2.28. The first-order chi connectivity index (χ1) is 9.65. The van der Waals surface area contributed by atoms with Crippen molar-refractivity contribution in [2.24, 2.45) is 23.6 Å². The third-order valence-electron chi connectivity index (χ3n) is 4.78. The van der Waals surface area contributed by atoms with Crippen LogP contribution < -0.4 is 11.3 Å². The van der Waals surface area contributed by atoms with Crippen LogP contribution in [0.3, 0.4) is 0 Å². The highest BCUT2D eigenvalue weighted by Gasteiger charge is 2.39. The largest absolute Gasteiger partial charge is 0.359 e. The van der Waals surface area contributed by atoms with Gasteiger partial charge in [-0.2, -0.15) is 0 Å². The van der Waals surface area contributed by atoms with Crippen molar-refractivity contribution in [3.8, 4) is 0 Å². The molecule has 3 rings (SSSR count). The lowest BCUT2D eigenvalue weighted by atomic mass is 9.88. The molecule has 6 nitrogen and oxygen atoms in total. The molecule has 0 spiro atoms. The van der Waals surface area contributed by atoms with Crippen molar-refractivity contribution in [2.75, 3.05) is 13.6 Å². The molecule has 20 heavy (non-hydrogen) atoms. The minimum atomic E-state index is -0.421. The number of nitrogens with zero attached hydrogens (tertiary/aromatic N) is 2. The van der Waals surface area contributed by atoms with Crippen LogP contribution in [0.15, 0.2) is 10.6 Å². The molecule has 0 radical (unpaired) electrons. The van der Waals surface area contributed by atoms with Crippen LogP contribution in [-0.4, -0.2) is 29.6 Å². The van der Waals surface area contributed by atoms with Crippen LogP contribution in [0.2, 0.25) is 0 Å². The molecule has 1 aromatic heterocycles. The fourth-order valence-corrected chi connectivity index (χ4v) is 3.90. The SMILES string of the molecule is CN(Cc1cc(C(=O)NN)no1)CC1CC2CCC1C2. The molecule has 2 bridgehead atoms. The number of nitrogen functional groups attached to an aromatic ring is 1. The Bertz CT molecular complexity index is 487. The summed E-state index contributed by atoms with van der Waals surface area (Å²) in [6.45, 7) is 1.78. The first-order valence-corrected chi connectivity index (χ1v) is 7.30. The average Bonchev–Trinajstić information content (AvgIpc) is 3.13. The maximum Gasteiger partial charge on any atom is 0.287 e. The fourth-order valence-electron chi connectivity index (χ4n) is 3.90. The lowest BCUT2D eigenvalue weighted by Gasteiger charge is -2.26. The van der Waals surface area contributed by atoms with Gasteiger partial charge in [-0.05, 0) is 44.1 Å². The van der Waals surface area contributed by atoms with Gasteiger partial charge in [0.2, 0.25) is 0 Å². The van der Waals surface area contributed by atoms with Gasteiger partial charge in [0, 0.05) is 12.6 Å². The summed E-state index contributed by atoms with van der Waals surface area (Å²) in [6.07, 6.45) is 5.66.